The Morgan fingerprint density at radius 2 is 2.07 bits per heavy atom. The third kappa shape index (κ3) is 2.68. The highest BCUT2D eigenvalue weighted by Crippen LogP contribution is 2.09. The van der Waals surface area contributed by atoms with Gasteiger partial charge in [0.2, 0.25) is 11.8 Å². The van der Waals surface area contributed by atoms with Gasteiger partial charge in [-0.05, 0) is 21.0 Å². The molecule has 0 aromatic carbocycles. The Kier molecular flexibility index (Phi) is 3.68. The highest BCUT2D eigenvalue weighted by molar-refractivity contribution is 5.89. The number of hydrogen-bond acceptors (Lipinski definition) is 3. The van der Waals surface area contributed by atoms with Crippen LogP contribution >= 0.6 is 0 Å². The summed E-state index contributed by atoms with van der Waals surface area (Å²) in [5, 5.41) is 0. The number of hydrogen-bond donors (Lipinski definition) is 0. The molecule has 0 aliphatic carbocycles. The molecule has 0 radical (unpaired) electrons. The van der Waals surface area contributed by atoms with Crippen LogP contribution < -0.4 is 0 Å². The number of rotatable bonds is 2. The first kappa shape index (κ1) is 12.0. The lowest BCUT2D eigenvalue weighted by Gasteiger charge is -2.37. The summed E-state index contributed by atoms with van der Waals surface area (Å²) in [5.41, 5.74) is 0. The van der Waals surface area contributed by atoms with E-state index in [9.17, 15) is 9.59 Å². The Morgan fingerprint density at radius 3 is 2.60 bits per heavy atom. The van der Waals surface area contributed by atoms with Gasteiger partial charge in [-0.25, -0.2) is 0 Å². The van der Waals surface area contributed by atoms with Crippen molar-refractivity contribution in [3.05, 3.63) is 0 Å². The van der Waals surface area contributed by atoms with E-state index in [0.29, 0.717) is 19.6 Å². The van der Waals surface area contributed by atoms with Crippen molar-refractivity contribution in [3.63, 3.8) is 0 Å². The summed E-state index contributed by atoms with van der Waals surface area (Å²) in [7, 11) is 5.47. The third-order valence-electron chi connectivity index (χ3n) is 2.65. The van der Waals surface area contributed by atoms with E-state index in [-0.39, 0.29) is 17.9 Å². The fourth-order valence-corrected chi connectivity index (χ4v) is 1.72. The smallest absolute Gasteiger partial charge is 0.244 e. The number of carbonyl (C=O) groups excluding carboxylic acids is 2. The lowest BCUT2D eigenvalue weighted by molar-refractivity contribution is -0.149. The van der Waals surface area contributed by atoms with Crippen LogP contribution in [0.1, 0.15) is 6.92 Å². The van der Waals surface area contributed by atoms with Crippen molar-refractivity contribution in [2.24, 2.45) is 0 Å². The van der Waals surface area contributed by atoms with Crippen molar-refractivity contribution in [3.8, 4) is 0 Å². The molecule has 1 aliphatic heterocycles. The van der Waals surface area contributed by atoms with Gasteiger partial charge < -0.3 is 14.7 Å². The number of piperazine rings is 1. The SMILES string of the molecule is CC1C(=O)N(C)CCN1C(=O)CN(C)C. The molecule has 1 atom stereocenters. The summed E-state index contributed by atoms with van der Waals surface area (Å²) in [6.07, 6.45) is 0. The van der Waals surface area contributed by atoms with Crippen LogP contribution in [0.15, 0.2) is 0 Å². The van der Waals surface area contributed by atoms with Crippen LogP contribution in [0.5, 0.6) is 0 Å². The Balaban J connectivity index is 2.63. The van der Waals surface area contributed by atoms with Gasteiger partial charge >= 0.3 is 0 Å². The Labute approximate surface area is 90.6 Å². The second kappa shape index (κ2) is 4.61. The lowest BCUT2D eigenvalue weighted by atomic mass is 10.2. The van der Waals surface area contributed by atoms with E-state index in [1.54, 1.807) is 23.8 Å². The maximum atomic E-state index is 11.8. The van der Waals surface area contributed by atoms with E-state index < -0.39 is 0 Å². The van der Waals surface area contributed by atoms with Crippen LogP contribution in [0, 0.1) is 0 Å². The van der Waals surface area contributed by atoms with Crippen molar-refractivity contribution in [2.45, 2.75) is 13.0 Å². The zero-order valence-corrected chi connectivity index (χ0v) is 9.86. The molecule has 1 unspecified atom stereocenters. The van der Waals surface area contributed by atoms with Crippen molar-refractivity contribution < 1.29 is 9.59 Å². The van der Waals surface area contributed by atoms with Gasteiger partial charge in [0.25, 0.3) is 0 Å². The summed E-state index contributed by atoms with van der Waals surface area (Å²) < 4.78 is 0. The highest BCUT2D eigenvalue weighted by atomic mass is 16.2. The second-order valence-electron chi connectivity index (χ2n) is 4.26. The summed E-state index contributed by atoms with van der Waals surface area (Å²) in [6.45, 7) is 3.41. The zero-order valence-electron chi connectivity index (χ0n) is 9.86. The van der Waals surface area contributed by atoms with Gasteiger partial charge in [0, 0.05) is 20.1 Å². The topological polar surface area (TPSA) is 43.9 Å². The molecule has 1 rings (SSSR count). The molecule has 0 N–H and O–H groups in total. The number of nitrogens with zero attached hydrogens (tertiary/aromatic N) is 3. The first-order chi connectivity index (χ1) is 6.93. The zero-order chi connectivity index (χ0) is 11.6. The minimum atomic E-state index is -0.323. The molecule has 1 fully saturated rings. The molecule has 0 bridgehead atoms. The van der Waals surface area contributed by atoms with Gasteiger partial charge in [0.15, 0.2) is 0 Å². The van der Waals surface area contributed by atoms with Gasteiger partial charge in [0.1, 0.15) is 6.04 Å². The van der Waals surface area contributed by atoms with Gasteiger partial charge in [-0.2, -0.15) is 0 Å². The van der Waals surface area contributed by atoms with Crippen LogP contribution in [0.4, 0.5) is 0 Å². The van der Waals surface area contributed by atoms with Crippen molar-refractivity contribution in [2.75, 3.05) is 40.8 Å². The first-order valence-electron chi connectivity index (χ1n) is 5.12. The first-order valence-corrected chi connectivity index (χ1v) is 5.12. The Morgan fingerprint density at radius 1 is 1.47 bits per heavy atom. The Bertz CT molecular complexity index is 265. The second-order valence-corrected chi connectivity index (χ2v) is 4.26. The standard InChI is InChI=1S/C10H19N3O2/c1-8-10(15)12(4)5-6-13(8)9(14)7-11(2)3/h8H,5-7H2,1-4H3. The molecule has 0 aromatic heterocycles. The average molecular weight is 213 g/mol. The number of likely N-dealkylation sites (N-methyl/N-ethyl adjacent to an activating group) is 2. The van der Waals surface area contributed by atoms with Crippen molar-refractivity contribution in [1.82, 2.24) is 14.7 Å². The van der Waals surface area contributed by atoms with E-state index in [4.69, 9.17) is 0 Å². The molecular weight excluding hydrogens is 194 g/mol. The largest absolute Gasteiger partial charge is 0.342 e. The van der Waals surface area contributed by atoms with E-state index >= 15 is 0 Å². The fraction of sp³-hybridized carbons (Fsp3) is 0.800. The van der Waals surface area contributed by atoms with E-state index in [0.717, 1.165) is 0 Å². The third-order valence-corrected chi connectivity index (χ3v) is 2.65. The molecular formula is C10H19N3O2. The van der Waals surface area contributed by atoms with E-state index in [2.05, 4.69) is 0 Å². The van der Waals surface area contributed by atoms with Crippen LogP contribution in [-0.4, -0.2) is 73.3 Å². The normalized spacial score (nSPS) is 22.5. The van der Waals surface area contributed by atoms with Crippen molar-refractivity contribution >= 4 is 11.8 Å². The molecule has 15 heavy (non-hydrogen) atoms. The van der Waals surface area contributed by atoms with Crippen LogP contribution in [0.3, 0.4) is 0 Å². The monoisotopic (exact) mass is 213 g/mol. The van der Waals surface area contributed by atoms with Crippen molar-refractivity contribution in [1.29, 1.82) is 0 Å². The maximum absolute atomic E-state index is 11.8. The van der Waals surface area contributed by atoms with Gasteiger partial charge in [-0.15, -0.1) is 0 Å². The molecule has 1 saturated heterocycles. The Hall–Kier alpha value is -1.10. The molecule has 1 heterocycles. The highest BCUT2D eigenvalue weighted by Gasteiger charge is 2.32. The lowest BCUT2D eigenvalue weighted by Crippen LogP contribution is -2.57. The maximum Gasteiger partial charge on any atom is 0.244 e. The predicted octanol–water partition coefficient (Wildman–Crippen LogP) is -0.763. The molecule has 1 aliphatic rings. The van der Waals surface area contributed by atoms with E-state index in [1.165, 1.54) is 0 Å². The van der Waals surface area contributed by atoms with Gasteiger partial charge in [-0.1, -0.05) is 0 Å². The molecule has 2 amide bonds. The van der Waals surface area contributed by atoms with Crippen LogP contribution in [0.25, 0.3) is 0 Å². The summed E-state index contributed by atoms with van der Waals surface area (Å²) >= 11 is 0. The number of carbonyl (C=O) groups is 2. The molecule has 86 valence electrons. The van der Waals surface area contributed by atoms with Gasteiger partial charge in [0.05, 0.1) is 6.54 Å². The molecule has 0 spiro atoms. The molecule has 5 nitrogen and oxygen atoms in total. The average Bonchev–Trinajstić information content (AvgIpc) is 2.13. The summed E-state index contributed by atoms with van der Waals surface area (Å²) in [4.78, 5) is 28.6. The molecule has 5 heteroatoms. The quantitative estimate of drug-likeness (QED) is 0.605. The molecule has 0 saturated carbocycles. The summed E-state index contributed by atoms with van der Waals surface area (Å²) in [5.74, 6) is 0.0438. The summed E-state index contributed by atoms with van der Waals surface area (Å²) in [6, 6.07) is -0.323. The number of amides is 2. The van der Waals surface area contributed by atoms with Crippen LogP contribution in [-0.2, 0) is 9.59 Å². The van der Waals surface area contributed by atoms with Gasteiger partial charge in [-0.3, -0.25) is 9.59 Å². The van der Waals surface area contributed by atoms with Crippen LogP contribution in [0.2, 0.25) is 0 Å². The van der Waals surface area contributed by atoms with E-state index in [1.807, 2.05) is 19.0 Å². The fourth-order valence-electron chi connectivity index (χ4n) is 1.72. The molecule has 0 aromatic rings. The predicted molar refractivity (Wildman–Crippen MR) is 57.4 cm³/mol. The minimum Gasteiger partial charge on any atom is -0.342 e. The minimum absolute atomic E-state index is 0.0216.